The maximum absolute atomic E-state index is 10.8. The Bertz CT molecular complexity index is 886. The van der Waals surface area contributed by atoms with E-state index in [1.807, 2.05) is 0 Å². The Labute approximate surface area is 208 Å². The summed E-state index contributed by atoms with van der Waals surface area (Å²) in [6.45, 7) is 17.5. The Morgan fingerprint density at radius 3 is 2.32 bits per heavy atom. The van der Waals surface area contributed by atoms with Gasteiger partial charge in [0.15, 0.2) is 0 Å². The van der Waals surface area contributed by atoms with Gasteiger partial charge in [0.2, 0.25) is 0 Å². The van der Waals surface area contributed by atoms with Crippen LogP contribution >= 0.6 is 0 Å². The second-order valence-corrected chi connectivity index (χ2v) is 14.2. The zero-order valence-corrected chi connectivity index (χ0v) is 23.0. The fourth-order valence-corrected chi connectivity index (χ4v) is 9.84. The minimum atomic E-state index is -0.338. The van der Waals surface area contributed by atoms with Gasteiger partial charge in [-0.2, -0.15) is 0 Å². The van der Waals surface area contributed by atoms with Crippen molar-refractivity contribution in [2.24, 2.45) is 39.9 Å². The standard InChI is InChI=1S/C31H50O3/c1-19(2)31(18-32)15-10-21(17-34-31)24-16-20(3)27-22-8-9-25-28(4,5)26(33)12-14-29(25,6)23(22)11-13-30(24,27)7/h19,21,24-26,32-33H,8-18H2,1-7H3/t21-,24+,25-,26-,29+,30+,31-/m0/s1. The molecule has 2 fully saturated rings. The molecule has 192 valence electrons. The summed E-state index contributed by atoms with van der Waals surface area (Å²) in [5, 5.41) is 20.9. The molecule has 1 aliphatic heterocycles. The fraction of sp³-hybridized carbons (Fsp3) is 0.871. The number of aliphatic hydroxyl groups excluding tert-OH is 2. The van der Waals surface area contributed by atoms with E-state index in [0.29, 0.717) is 23.7 Å². The first kappa shape index (κ1) is 25.0. The zero-order valence-electron chi connectivity index (χ0n) is 23.0. The van der Waals surface area contributed by atoms with Gasteiger partial charge < -0.3 is 14.9 Å². The summed E-state index contributed by atoms with van der Waals surface area (Å²) in [6.07, 6.45) is 10.2. The van der Waals surface area contributed by atoms with Crippen LogP contribution in [0.5, 0.6) is 0 Å². The first-order chi connectivity index (χ1) is 15.9. The molecule has 0 radical (unpaired) electrons. The van der Waals surface area contributed by atoms with Crippen molar-refractivity contribution < 1.29 is 14.9 Å². The molecule has 4 aliphatic carbocycles. The minimum absolute atomic E-state index is 0.00295. The Morgan fingerprint density at radius 2 is 1.71 bits per heavy atom. The summed E-state index contributed by atoms with van der Waals surface area (Å²) in [5.41, 5.74) is 7.02. The molecule has 0 aromatic carbocycles. The molecule has 7 atom stereocenters. The average Bonchev–Trinajstić information content (AvgIpc) is 3.07. The molecule has 0 aromatic heterocycles. The Balaban J connectivity index is 1.44. The van der Waals surface area contributed by atoms with E-state index in [0.717, 1.165) is 25.9 Å². The first-order valence-electron chi connectivity index (χ1n) is 14.3. The highest BCUT2D eigenvalue weighted by Gasteiger charge is 2.58. The molecule has 34 heavy (non-hydrogen) atoms. The van der Waals surface area contributed by atoms with E-state index in [2.05, 4.69) is 48.5 Å². The maximum Gasteiger partial charge on any atom is 0.0934 e. The molecule has 2 N–H and O–H groups in total. The van der Waals surface area contributed by atoms with Gasteiger partial charge in [-0.3, -0.25) is 0 Å². The second kappa shape index (κ2) is 8.18. The summed E-state index contributed by atoms with van der Waals surface area (Å²) in [7, 11) is 0. The largest absolute Gasteiger partial charge is 0.393 e. The van der Waals surface area contributed by atoms with Crippen molar-refractivity contribution >= 4 is 0 Å². The Kier molecular flexibility index (Phi) is 6.02. The lowest BCUT2D eigenvalue weighted by molar-refractivity contribution is -0.162. The van der Waals surface area contributed by atoms with Gasteiger partial charge in [-0.25, -0.2) is 0 Å². The summed E-state index contributed by atoms with van der Waals surface area (Å²) < 4.78 is 6.48. The third-order valence-electron chi connectivity index (χ3n) is 12.2. The minimum Gasteiger partial charge on any atom is -0.393 e. The number of hydrogen-bond donors (Lipinski definition) is 2. The average molecular weight is 471 g/mol. The number of aliphatic hydroxyl groups is 2. The lowest BCUT2D eigenvalue weighted by Gasteiger charge is -2.59. The van der Waals surface area contributed by atoms with Gasteiger partial charge in [-0.05, 0) is 116 Å². The molecule has 5 rings (SSSR count). The summed E-state index contributed by atoms with van der Waals surface area (Å²) >= 11 is 0. The van der Waals surface area contributed by atoms with Crippen LogP contribution in [0.25, 0.3) is 0 Å². The maximum atomic E-state index is 10.8. The van der Waals surface area contributed by atoms with Crippen molar-refractivity contribution in [3.05, 3.63) is 22.3 Å². The molecule has 1 saturated heterocycles. The molecule has 0 spiro atoms. The summed E-state index contributed by atoms with van der Waals surface area (Å²) in [5.74, 6) is 2.19. The molecule has 5 aliphatic rings. The van der Waals surface area contributed by atoms with Crippen molar-refractivity contribution in [2.45, 2.75) is 118 Å². The molecule has 0 amide bonds. The monoisotopic (exact) mass is 470 g/mol. The van der Waals surface area contributed by atoms with Gasteiger partial charge in [0.1, 0.15) is 0 Å². The van der Waals surface area contributed by atoms with Gasteiger partial charge in [0.25, 0.3) is 0 Å². The fourth-order valence-electron chi connectivity index (χ4n) is 9.84. The predicted molar refractivity (Wildman–Crippen MR) is 138 cm³/mol. The van der Waals surface area contributed by atoms with E-state index < -0.39 is 0 Å². The van der Waals surface area contributed by atoms with E-state index in [4.69, 9.17) is 4.74 Å². The lowest BCUT2D eigenvalue weighted by Crippen LogP contribution is -2.53. The van der Waals surface area contributed by atoms with Crippen LogP contribution in [0.4, 0.5) is 0 Å². The number of ether oxygens (including phenoxy) is 1. The van der Waals surface area contributed by atoms with Crippen LogP contribution in [0.2, 0.25) is 0 Å². The lowest BCUT2D eigenvalue weighted by atomic mass is 9.46. The van der Waals surface area contributed by atoms with Crippen LogP contribution in [-0.2, 0) is 4.74 Å². The van der Waals surface area contributed by atoms with E-state index in [9.17, 15) is 10.2 Å². The highest BCUT2D eigenvalue weighted by molar-refractivity contribution is 5.52. The molecule has 0 unspecified atom stereocenters. The Morgan fingerprint density at radius 1 is 0.971 bits per heavy atom. The molecule has 1 heterocycles. The highest BCUT2D eigenvalue weighted by Crippen LogP contribution is 2.67. The molecule has 0 aromatic rings. The van der Waals surface area contributed by atoms with Crippen LogP contribution in [0.15, 0.2) is 22.3 Å². The number of hydrogen-bond acceptors (Lipinski definition) is 3. The van der Waals surface area contributed by atoms with Crippen molar-refractivity contribution in [3.63, 3.8) is 0 Å². The molecule has 0 bridgehead atoms. The van der Waals surface area contributed by atoms with Crippen LogP contribution in [0, 0.1) is 39.9 Å². The van der Waals surface area contributed by atoms with Gasteiger partial charge in [-0.1, -0.05) is 52.7 Å². The van der Waals surface area contributed by atoms with Gasteiger partial charge in [-0.15, -0.1) is 0 Å². The van der Waals surface area contributed by atoms with Crippen LogP contribution < -0.4 is 0 Å². The van der Waals surface area contributed by atoms with Gasteiger partial charge in [0.05, 0.1) is 24.9 Å². The van der Waals surface area contributed by atoms with E-state index in [1.54, 1.807) is 22.3 Å². The smallest absolute Gasteiger partial charge is 0.0934 e. The zero-order chi connectivity index (χ0) is 24.7. The molecule has 1 saturated carbocycles. The van der Waals surface area contributed by atoms with Crippen molar-refractivity contribution in [1.82, 2.24) is 0 Å². The first-order valence-corrected chi connectivity index (χ1v) is 14.3. The molecular formula is C31H50O3. The second-order valence-electron chi connectivity index (χ2n) is 14.2. The van der Waals surface area contributed by atoms with Crippen molar-refractivity contribution in [3.8, 4) is 0 Å². The topological polar surface area (TPSA) is 49.7 Å². The van der Waals surface area contributed by atoms with Crippen molar-refractivity contribution in [1.29, 1.82) is 0 Å². The summed E-state index contributed by atoms with van der Waals surface area (Å²) in [4.78, 5) is 0. The molecule has 3 nitrogen and oxygen atoms in total. The van der Waals surface area contributed by atoms with E-state index >= 15 is 0 Å². The van der Waals surface area contributed by atoms with Gasteiger partial charge in [0, 0.05) is 0 Å². The third-order valence-corrected chi connectivity index (χ3v) is 12.2. The quantitative estimate of drug-likeness (QED) is 0.475. The highest BCUT2D eigenvalue weighted by atomic mass is 16.5. The number of rotatable bonds is 3. The number of fused-ring (bicyclic) bond motifs is 4. The van der Waals surface area contributed by atoms with Crippen LogP contribution in [0.1, 0.15) is 106 Å². The Hall–Kier alpha value is -0.640. The van der Waals surface area contributed by atoms with Crippen molar-refractivity contribution in [2.75, 3.05) is 13.2 Å². The van der Waals surface area contributed by atoms with E-state index in [-0.39, 0.29) is 34.6 Å². The molecule has 3 heteroatoms. The SMILES string of the molecule is CC1=C2C3=C(CC[C@]2(C)[C@@H]([C@H]2CC[C@](CO)(C(C)C)OC2)C1)[C@@]1(C)CC[C@H](O)C(C)(C)[C@@H]1CC3. The summed E-state index contributed by atoms with van der Waals surface area (Å²) in [6, 6.07) is 0. The van der Waals surface area contributed by atoms with Gasteiger partial charge >= 0.3 is 0 Å². The number of allylic oxidation sites excluding steroid dienone is 4. The van der Waals surface area contributed by atoms with Crippen LogP contribution in [0.3, 0.4) is 0 Å². The van der Waals surface area contributed by atoms with E-state index in [1.165, 1.54) is 38.5 Å². The normalized spacial score (nSPS) is 46.4. The third kappa shape index (κ3) is 3.32. The predicted octanol–water partition coefficient (Wildman–Crippen LogP) is 6.83. The van der Waals surface area contributed by atoms with Crippen LogP contribution in [-0.4, -0.2) is 35.1 Å². The molecular weight excluding hydrogens is 420 g/mol.